The van der Waals surface area contributed by atoms with Crippen molar-refractivity contribution in [1.29, 1.82) is 0 Å². The number of rotatable bonds is 6. The van der Waals surface area contributed by atoms with E-state index in [-0.39, 0.29) is 5.91 Å². The maximum atomic E-state index is 13.1. The number of carbonyl (C=O) groups is 1. The predicted octanol–water partition coefficient (Wildman–Crippen LogP) is 5.78. The Morgan fingerprint density at radius 3 is 2.51 bits per heavy atom. The van der Waals surface area contributed by atoms with Crippen molar-refractivity contribution in [1.82, 2.24) is 10.1 Å². The molecular formula is C26H22N4O4S. The van der Waals surface area contributed by atoms with Gasteiger partial charge >= 0.3 is 0 Å². The number of nitrogen functional groups attached to an aromatic ring is 1. The number of carbonyl (C=O) groups excluding carboxylic acids is 1. The van der Waals surface area contributed by atoms with Crippen LogP contribution in [0.2, 0.25) is 0 Å². The Balaban J connectivity index is 1.74. The molecule has 5 aromatic rings. The van der Waals surface area contributed by atoms with E-state index in [4.69, 9.17) is 24.7 Å². The van der Waals surface area contributed by atoms with Crippen molar-refractivity contribution in [3.05, 3.63) is 71.3 Å². The summed E-state index contributed by atoms with van der Waals surface area (Å²) in [6.07, 6.45) is 0. The fourth-order valence-electron chi connectivity index (χ4n) is 3.88. The Hall–Kier alpha value is -4.37. The number of nitrogens with one attached hydrogen (secondary N) is 1. The van der Waals surface area contributed by atoms with E-state index in [1.807, 2.05) is 54.6 Å². The Morgan fingerprint density at radius 2 is 1.83 bits per heavy atom. The summed E-state index contributed by atoms with van der Waals surface area (Å²) < 4.78 is 16.2. The van der Waals surface area contributed by atoms with Crippen LogP contribution in [0.4, 0.5) is 11.5 Å². The van der Waals surface area contributed by atoms with Gasteiger partial charge in [-0.25, -0.2) is 4.98 Å². The molecule has 2 aromatic carbocycles. The van der Waals surface area contributed by atoms with E-state index in [0.717, 1.165) is 22.4 Å². The number of nitrogens with two attached hydrogens (primary N) is 1. The average Bonchev–Trinajstić information content (AvgIpc) is 3.45. The van der Waals surface area contributed by atoms with E-state index < -0.39 is 0 Å². The van der Waals surface area contributed by atoms with E-state index in [9.17, 15) is 4.79 Å². The Morgan fingerprint density at radius 1 is 1.03 bits per heavy atom. The van der Waals surface area contributed by atoms with Gasteiger partial charge in [-0.2, -0.15) is 0 Å². The third kappa shape index (κ3) is 4.17. The van der Waals surface area contributed by atoms with Crippen LogP contribution in [0.1, 0.15) is 15.4 Å². The molecule has 176 valence electrons. The lowest BCUT2D eigenvalue weighted by atomic mass is 9.98. The van der Waals surface area contributed by atoms with Crippen molar-refractivity contribution in [3.8, 4) is 33.9 Å². The summed E-state index contributed by atoms with van der Waals surface area (Å²) in [5.41, 5.74) is 10.2. The minimum Gasteiger partial charge on any atom is -0.497 e. The molecule has 0 aliphatic carbocycles. The lowest BCUT2D eigenvalue weighted by Crippen LogP contribution is -2.12. The van der Waals surface area contributed by atoms with E-state index in [1.165, 1.54) is 11.3 Å². The number of hydrogen-bond donors (Lipinski definition) is 2. The van der Waals surface area contributed by atoms with Crippen molar-refractivity contribution >= 4 is 39.0 Å². The number of nitrogens with zero attached hydrogens (tertiary/aromatic N) is 2. The van der Waals surface area contributed by atoms with Crippen molar-refractivity contribution in [2.24, 2.45) is 0 Å². The van der Waals surface area contributed by atoms with Gasteiger partial charge in [0.05, 0.1) is 25.6 Å². The van der Waals surface area contributed by atoms with Crippen LogP contribution in [-0.2, 0) is 0 Å². The summed E-state index contributed by atoms with van der Waals surface area (Å²) in [4.78, 5) is 18.9. The molecule has 0 aliphatic rings. The van der Waals surface area contributed by atoms with Crippen LogP contribution in [0.3, 0.4) is 0 Å². The molecular weight excluding hydrogens is 464 g/mol. The highest BCUT2D eigenvalue weighted by atomic mass is 32.1. The summed E-state index contributed by atoms with van der Waals surface area (Å²) in [5, 5.41) is 7.25. The molecule has 0 saturated carbocycles. The molecule has 0 bridgehead atoms. The first-order valence-corrected chi connectivity index (χ1v) is 11.6. The quantitative estimate of drug-likeness (QED) is 0.313. The Bertz CT molecular complexity index is 1540. The number of methoxy groups -OCH3 is 2. The second-order valence-corrected chi connectivity index (χ2v) is 8.79. The molecule has 0 spiro atoms. The fraction of sp³-hybridized carbons (Fsp3) is 0.115. The van der Waals surface area contributed by atoms with Gasteiger partial charge in [0.15, 0.2) is 5.82 Å². The van der Waals surface area contributed by atoms with Crippen LogP contribution in [0, 0.1) is 6.92 Å². The van der Waals surface area contributed by atoms with E-state index >= 15 is 0 Å². The van der Waals surface area contributed by atoms with Crippen molar-refractivity contribution < 1.29 is 18.8 Å². The van der Waals surface area contributed by atoms with E-state index in [0.29, 0.717) is 43.9 Å². The van der Waals surface area contributed by atoms with Gasteiger partial charge in [0.2, 0.25) is 0 Å². The second kappa shape index (κ2) is 9.11. The maximum Gasteiger partial charge on any atom is 0.269 e. The van der Waals surface area contributed by atoms with Crippen molar-refractivity contribution in [3.63, 3.8) is 0 Å². The van der Waals surface area contributed by atoms with Crippen LogP contribution in [0.15, 0.2) is 65.2 Å². The first-order valence-electron chi connectivity index (χ1n) is 10.7. The van der Waals surface area contributed by atoms with Crippen molar-refractivity contribution in [2.45, 2.75) is 6.92 Å². The lowest BCUT2D eigenvalue weighted by Gasteiger charge is -2.13. The third-order valence-corrected chi connectivity index (χ3v) is 6.64. The Labute approximate surface area is 205 Å². The number of anilines is 2. The molecule has 0 radical (unpaired) electrons. The summed E-state index contributed by atoms with van der Waals surface area (Å²) in [7, 11) is 3.22. The monoisotopic (exact) mass is 486 g/mol. The number of fused-ring (bicyclic) bond motifs is 1. The largest absolute Gasteiger partial charge is 0.497 e. The van der Waals surface area contributed by atoms with Crippen LogP contribution < -0.4 is 20.5 Å². The van der Waals surface area contributed by atoms with Gasteiger partial charge in [-0.15, -0.1) is 11.3 Å². The molecule has 0 saturated heterocycles. The van der Waals surface area contributed by atoms with Crippen LogP contribution in [0.5, 0.6) is 11.5 Å². The zero-order valence-corrected chi connectivity index (χ0v) is 20.1. The average molecular weight is 487 g/mol. The number of benzene rings is 2. The molecule has 0 unspecified atom stereocenters. The topological polar surface area (TPSA) is 112 Å². The van der Waals surface area contributed by atoms with Gasteiger partial charge < -0.3 is 25.0 Å². The number of amides is 1. The molecule has 0 fully saturated rings. The highest BCUT2D eigenvalue weighted by Crippen LogP contribution is 2.44. The van der Waals surface area contributed by atoms with Gasteiger partial charge in [0.25, 0.3) is 5.91 Å². The summed E-state index contributed by atoms with van der Waals surface area (Å²) >= 11 is 1.22. The van der Waals surface area contributed by atoms with Crippen molar-refractivity contribution in [2.75, 3.05) is 25.3 Å². The van der Waals surface area contributed by atoms with Crippen LogP contribution >= 0.6 is 11.3 Å². The zero-order chi connectivity index (χ0) is 24.5. The van der Waals surface area contributed by atoms with E-state index in [2.05, 4.69) is 10.5 Å². The first-order chi connectivity index (χ1) is 17.0. The van der Waals surface area contributed by atoms with E-state index in [1.54, 1.807) is 27.2 Å². The number of pyridine rings is 1. The SMILES string of the molecule is COc1ccc(OC)c(-c2cc(-c3ccccc3)nc3sc(C(=O)Nc4cc(C)on4)c(N)c23)c1. The zero-order valence-electron chi connectivity index (χ0n) is 19.3. The molecule has 35 heavy (non-hydrogen) atoms. The number of ether oxygens (including phenoxy) is 2. The van der Waals surface area contributed by atoms with Gasteiger partial charge in [0.1, 0.15) is 27.0 Å². The Kier molecular flexibility index (Phi) is 5.84. The van der Waals surface area contributed by atoms with Gasteiger partial charge in [-0.05, 0) is 31.2 Å². The molecule has 0 aliphatic heterocycles. The lowest BCUT2D eigenvalue weighted by molar-refractivity contribution is 0.103. The molecule has 3 N–H and O–H groups in total. The normalized spacial score (nSPS) is 10.9. The summed E-state index contributed by atoms with van der Waals surface area (Å²) in [6, 6.07) is 19.0. The number of hydrogen-bond acceptors (Lipinski definition) is 8. The molecule has 0 atom stereocenters. The standard InChI is InChI=1S/C26H22N4O4S/c1-14-11-21(30-34-14)29-25(31)24-23(27)22-18(17-12-16(32-2)9-10-20(17)33-3)13-19(28-26(22)35-24)15-7-5-4-6-8-15/h4-13H,27H2,1-3H3,(H,29,30,31). The smallest absolute Gasteiger partial charge is 0.269 e. The molecule has 8 nitrogen and oxygen atoms in total. The van der Waals surface area contributed by atoms with Gasteiger partial charge in [-0.1, -0.05) is 35.5 Å². The third-order valence-electron chi connectivity index (χ3n) is 5.54. The minimum absolute atomic E-state index is 0.317. The molecule has 3 heterocycles. The summed E-state index contributed by atoms with van der Waals surface area (Å²) in [5.74, 6) is 1.83. The molecule has 3 aromatic heterocycles. The number of thiophene rings is 1. The first kappa shape index (κ1) is 22.4. The van der Waals surface area contributed by atoms with Crippen LogP contribution in [0.25, 0.3) is 32.6 Å². The van der Waals surface area contributed by atoms with Gasteiger partial charge in [-0.3, -0.25) is 4.79 Å². The van der Waals surface area contributed by atoms with Gasteiger partial charge in [0, 0.05) is 28.1 Å². The predicted molar refractivity (Wildman–Crippen MR) is 137 cm³/mol. The van der Waals surface area contributed by atoms with Crippen LogP contribution in [-0.4, -0.2) is 30.3 Å². The number of aromatic nitrogens is 2. The summed E-state index contributed by atoms with van der Waals surface area (Å²) in [6.45, 7) is 1.75. The fourth-order valence-corrected chi connectivity index (χ4v) is 4.90. The molecule has 5 rings (SSSR count). The maximum absolute atomic E-state index is 13.1. The highest BCUT2D eigenvalue weighted by molar-refractivity contribution is 7.21. The minimum atomic E-state index is -0.386. The molecule has 9 heteroatoms. The molecule has 1 amide bonds. The highest BCUT2D eigenvalue weighted by Gasteiger charge is 2.24. The second-order valence-electron chi connectivity index (χ2n) is 7.79. The number of aryl methyl sites for hydroxylation is 1.